The first kappa shape index (κ1) is 16.5. The van der Waals surface area contributed by atoms with E-state index < -0.39 is 0 Å². The molecule has 0 saturated carbocycles. The van der Waals surface area contributed by atoms with Crippen LogP contribution in [0.25, 0.3) is 0 Å². The van der Waals surface area contributed by atoms with E-state index in [4.69, 9.17) is 5.73 Å². The molecule has 0 spiro atoms. The van der Waals surface area contributed by atoms with Gasteiger partial charge in [-0.15, -0.1) is 0 Å². The molecule has 2 aliphatic rings. The van der Waals surface area contributed by atoms with Crippen molar-refractivity contribution >= 4 is 17.8 Å². The Balaban J connectivity index is 1.72. The molecule has 0 aliphatic carbocycles. The second kappa shape index (κ2) is 6.62. The van der Waals surface area contributed by atoms with Crippen molar-refractivity contribution in [2.75, 3.05) is 25.4 Å². The van der Waals surface area contributed by atoms with Crippen molar-refractivity contribution in [3.8, 4) is 0 Å². The molecule has 1 aromatic heterocycles. The third-order valence-electron chi connectivity index (χ3n) is 4.75. The maximum Gasteiger partial charge on any atom is 0.255 e. The lowest BCUT2D eigenvalue weighted by Gasteiger charge is -2.36. The van der Waals surface area contributed by atoms with E-state index in [1.54, 1.807) is 9.80 Å². The van der Waals surface area contributed by atoms with Gasteiger partial charge in [0.15, 0.2) is 0 Å². The first-order valence-corrected chi connectivity index (χ1v) is 8.43. The molecule has 3 heterocycles. The van der Waals surface area contributed by atoms with Crippen molar-refractivity contribution in [2.45, 2.75) is 39.2 Å². The summed E-state index contributed by atoms with van der Waals surface area (Å²) in [5.74, 6) is 0.0707. The molecule has 1 atom stereocenters. The fraction of sp³-hybridized carbons (Fsp3) is 0.625. The Morgan fingerprint density at radius 3 is 2.92 bits per heavy atom. The van der Waals surface area contributed by atoms with E-state index in [0.29, 0.717) is 56.7 Å². The van der Waals surface area contributed by atoms with Crippen molar-refractivity contribution in [2.24, 2.45) is 5.92 Å². The number of piperidine rings is 1. The molecule has 2 amide bonds. The molecule has 1 aromatic rings. The van der Waals surface area contributed by atoms with Gasteiger partial charge in [0.2, 0.25) is 17.8 Å². The van der Waals surface area contributed by atoms with E-state index in [2.05, 4.69) is 9.97 Å². The van der Waals surface area contributed by atoms with Gasteiger partial charge >= 0.3 is 0 Å². The Kier molecular flexibility index (Phi) is 4.55. The first-order chi connectivity index (χ1) is 11.5. The molecule has 8 heteroatoms. The van der Waals surface area contributed by atoms with Crippen molar-refractivity contribution < 1.29 is 9.59 Å². The van der Waals surface area contributed by atoms with E-state index in [0.717, 1.165) is 6.42 Å². The zero-order chi connectivity index (χ0) is 17.3. The summed E-state index contributed by atoms with van der Waals surface area (Å²) in [4.78, 5) is 46.8. The van der Waals surface area contributed by atoms with Crippen molar-refractivity contribution in [3.63, 3.8) is 0 Å². The Morgan fingerprint density at radius 1 is 1.38 bits per heavy atom. The zero-order valence-corrected chi connectivity index (χ0v) is 13.9. The maximum absolute atomic E-state index is 12.8. The van der Waals surface area contributed by atoms with E-state index in [-0.39, 0.29) is 29.2 Å². The van der Waals surface area contributed by atoms with E-state index >= 15 is 0 Å². The molecule has 1 fully saturated rings. The summed E-state index contributed by atoms with van der Waals surface area (Å²) in [6.07, 6.45) is 2.38. The third kappa shape index (κ3) is 3.13. The van der Waals surface area contributed by atoms with Crippen molar-refractivity contribution in [3.05, 3.63) is 21.6 Å². The van der Waals surface area contributed by atoms with E-state index in [1.165, 1.54) is 0 Å². The van der Waals surface area contributed by atoms with E-state index in [1.807, 2.05) is 6.92 Å². The molecule has 24 heavy (non-hydrogen) atoms. The van der Waals surface area contributed by atoms with Gasteiger partial charge in [-0.3, -0.25) is 19.4 Å². The number of hydrogen-bond acceptors (Lipinski definition) is 5. The van der Waals surface area contributed by atoms with Gasteiger partial charge in [-0.25, -0.2) is 4.98 Å². The summed E-state index contributed by atoms with van der Waals surface area (Å²) in [5, 5.41) is 0. The summed E-state index contributed by atoms with van der Waals surface area (Å²) in [7, 11) is 0. The Morgan fingerprint density at radius 2 is 2.17 bits per heavy atom. The molecule has 0 radical (unpaired) electrons. The molecule has 8 nitrogen and oxygen atoms in total. The summed E-state index contributed by atoms with van der Waals surface area (Å²) in [6, 6.07) is 0. The van der Waals surface area contributed by atoms with Crippen LogP contribution in [0, 0.1) is 5.92 Å². The number of carbonyl (C=O) groups is 2. The summed E-state index contributed by atoms with van der Waals surface area (Å²) in [5.41, 5.74) is 6.57. The van der Waals surface area contributed by atoms with Crippen LogP contribution in [-0.4, -0.2) is 51.2 Å². The minimum atomic E-state index is -0.220. The second-order valence-electron chi connectivity index (χ2n) is 6.46. The number of carbonyl (C=O) groups excluding carboxylic acids is 2. The molecule has 3 N–H and O–H groups in total. The predicted octanol–water partition coefficient (Wildman–Crippen LogP) is -0.115. The summed E-state index contributed by atoms with van der Waals surface area (Å²) in [6.45, 7) is 4.01. The van der Waals surface area contributed by atoms with Gasteiger partial charge in [0.25, 0.3) is 5.56 Å². The quantitative estimate of drug-likeness (QED) is 0.801. The molecule has 130 valence electrons. The lowest BCUT2D eigenvalue weighted by atomic mass is 9.94. The number of aromatic nitrogens is 2. The van der Waals surface area contributed by atoms with Crippen LogP contribution >= 0.6 is 0 Å². The van der Waals surface area contributed by atoms with Crippen LogP contribution in [-0.2, 0) is 22.6 Å². The molecule has 0 aromatic carbocycles. The van der Waals surface area contributed by atoms with Crippen LogP contribution < -0.4 is 11.3 Å². The van der Waals surface area contributed by atoms with Gasteiger partial charge < -0.3 is 15.5 Å². The first-order valence-electron chi connectivity index (χ1n) is 8.43. The number of fused-ring (bicyclic) bond motifs is 1. The molecule has 3 rings (SSSR count). The van der Waals surface area contributed by atoms with Gasteiger partial charge in [-0.2, -0.15) is 0 Å². The molecular weight excluding hydrogens is 310 g/mol. The topological polar surface area (TPSA) is 112 Å². The van der Waals surface area contributed by atoms with Gasteiger partial charge in [0.1, 0.15) is 0 Å². The number of nitrogens with zero attached hydrogens (tertiary/aromatic N) is 3. The van der Waals surface area contributed by atoms with Crippen LogP contribution in [0.1, 0.15) is 37.4 Å². The molecular formula is C16H23N5O3. The second-order valence-corrected chi connectivity index (χ2v) is 6.46. The van der Waals surface area contributed by atoms with Crippen LogP contribution in [0.2, 0.25) is 0 Å². The number of aromatic amines is 1. The molecule has 1 saturated heterocycles. The third-order valence-corrected chi connectivity index (χ3v) is 4.75. The van der Waals surface area contributed by atoms with Gasteiger partial charge in [-0.1, -0.05) is 6.92 Å². The van der Waals surface area contributed by atoms with Crippen LogP contribution in [0.3, 0.4) is 0 Å². The highest BCUT2D eigenvalue weighted by molar-refractivity contribution is 5.84. The summed E-state index contributed by atoms with van der Waals surface area (Å²) < 4.78 is 0. The van der Waals surface area contributed by atoms with E-state index in [9.17, 15) is 14.4 Å². The lowest BCUT2D eigenvalue weighted by molar-refractivity contribution is -0.143. The molecule has 0 unspecified atom stereocenters. The number of hydrogen-bond donors (Lipinski definition) is 2. The maximum atomic E-state index is 12.8. The number of nitrogens with two attached hydrogens (primary N) is 1. The lowest BCUT2D eigenvalue weighted by Crippen LogP contribution is -2.48. The number of amides is 2. The smallest absolute Gasteiger partial charge is 0.255 e. The molecule has 0 bridgehead atoms. The largest absolute Gasteiger partial charge is 0.369 e. The Bertz CT molecular complexity index is 714. The van der Waals surface area contributed by atoms with Gasteiger partial charge in [0.05, 0.1) is 18.2 Å². The SMILES string of the molecule is CCCN1C[C@H](C(=O)N2CCc3c(nc(N)[nH]c3=O)C2)CCC1=O. The minimum Gasteiger partial charge on any atom is -0.369 e. The van der Waals surface area contributed by atoms with Crippen molar-refractivity contribution in [1.82, 2.24) is 19.8 Å². The van der Waals surface area contributed by atoms with Gasteiger partial charge in [-0.05, 0) is 19.3 Å². The van der Waals surface area contributed by atoms with Crippen LogP contribution in [0.15, 0.2) is 4.79 Å². The fourth-order valence-electron chi connectivity index (χ4n) is 3.51. The predicted molar refractivity (Wildman–Crippen MR) is 88.0 cm³/mol. The fourth-order valence-corrected chi connectivity index (χ4v) is 3.51. The average Bonchev–Trinajstić information content (AvgIpc) is 2.55. The monoisotopic (exact) mass is 333 g/mol. The molecule has 2 aliphatic heterocycles. The van der Waals surface area contributed by atoms with Crippen LogP contribution in [0.4, 0.5) is 5.95 Å². The average molecular weight is 333 g/mol. The highest BCUT2D eigenvalue weighted by Gasteiger charge is 2.34. The Hall–Kier alpha value is -2.38. The number of nitrogen functional groups attached to an aromatic ring is 1. The number of H-pyrrole nitrogens is 1. The number of rotatable bonds is 3. The van der Waals surface area contributed by atoms with Crippen molar-refractivity contribution in [1.29, 1.82) is 0 Å². The summed E-state index contributed by atoms with van der Waals surface area (Å²) >= 11 is 0. The van der Waals surface area contributed by atoms with Gasteiger partial charge in [0, 0.05) is 31.6 Å². The zero-order valence-electron chi connectivity index (χ0n) is 13.9. The minimum absolute atomic E-state index is 0.0370. The number of nitrogens with one attached hydrogen (secondary N) is 1. The normalized spacial score (nSPS) is 20.9. The van der Waals surface area contributed by atoms with Crippen LogP contribution in [0.5, 0.6) is 0 Å². The highest BCUT2D eigenvalue weighted by atomic mass is 16.2. The Labute approximate surface area is 140 Å². The number of likely N-dealkylation sites (tertiary alicyclic amines) is 1. The standard InChI is InChI=1S/C16H23N5O3/c1-2-6-20-8-10(3-4-13(20)22)15(24)21-7-5-11-12(9-21)18-16(17)19-14(11)23/h10H,2-9H2,1H3,(H3,17,18,19,23)/t10-/m1/s1. The number of anilines is 1. The highest BCUT2D eigenvalue weighted by Crippen LogP contribution is 2.23.